The number of nitrogens with zero attached hydrogens (tertiary/aromatic N) is 2. The second-order valence-electron chi connectivity index (χ2n) is 5.66. The highest BCUT2D eigenvalue weighted by Crippen LogP contribution is 2.46. The Morgan fingerprint density at radius 1 is 1.24 bits per heavy atom. The highest BCUT2D eigenvalue weighted by molar-refractivity contribution is 5.49. The van der Waals surface area contributed by atoms with Gasteiger partial charge in [0, 0.05) is 23.2 Å². The van der Waals surface area contributed by atoms with Gasteiger partial charge in [-0.1, -0.05) is 13.8 Å². The fraction of sp³-hybridized carbons (Fsp3) is 0.714. The predicted octanol–water partition coefficient (Wildman–Crippen LogP) is 2.84. The molecular weight excluding hydrogens is 210 g/mol. The number of aryl methyl sites for hydroxylation is 1. The van der Waals surface area contributed by atoms with Crippen LogP contribution in [0.3, 0.4) is 0 Å². The summed E-state index contributed by atoms with van der Waals surface area (Å²) in [5, 5.41) is 3.48. The van der Waals surface area contributed by atoms with E-state index in [1.165, 1.54) is 30.5 Å². The molecule has 1 aromatic heterocycles. The van der Waals surface area contributed by atoms with Crippen molar-refractivity contribution in [2.45, 2.75) is 57.8 Å². The Morgan fingerprint density at radius 2 is 2.06 bits per heavy atom. The van der Waals surface area contributed by atoms with E-state index in [0.717, 1.165) is 37.4 Å². The van der Waals surface area contributed by atoms with Gasteiger partial charge >= 0.3 is 0 Å². The van der Waals surface area contributed by atoms with Gasteiger partial charge in [0.2, 0.25) is 0 Å². The van der Waals surface area contributed by atoms with Crippen LogP contribution in [0.1, 0.15) is 56.6 Å². The fourth-order valence-electron chi connectivity index (χ4n) is 2.50. The summed E-state index contributed by atoms with van der Waals surface area (Å²) in [4.78, 5) is 9.60. The molecule has 92 valence electrons. The summed E-state index contributed by atoms with van der Waals surface area (Å²) in [6.45, 7) is 5.49. The average molecular weight is 231 g/mol. The summed E-state index contributed by atoms with van der Waals surface area (Å²) in [6, 6.07) is 0. The van der Waals surface area contributed by atoms with Crippen LogP contribution in [0.15, 0.2) is 0 Å². The first-order valence-electron chi connectivity index (χ1n) is 6.87. The van der Waals surface area contributed by atoms with Crippen molar-refractivity contribution in [3.05, 3.63) is 17.1 Å². The minimum absolute atomic E-state index is 0.278. The molecule has 0 aromatic carbocycles. The highest BCUT2D eigenvalue weighted by Gasteiger charge is 2.43. The molecule has 0 saturated heterocycles. The van der Waals surface area contributed by atoms with Crippen molar-refractivity contribution in [3.63, 3.8) is 0 Å². The molecule has 3 rings (SSSR count). The zero-order valence-corrected chi connectivity index (χ0v) is 10.8. The summed E-state index contributed by atoms with van der Waals surface area (Å²) in [5.41, 5.74) is 2.97. The van der Waals surface area contributed by atoms with E-state index in [2.05, 4.69) is 19.2 Å². The van der Waals surface area contributed by atoms with E-state index in [9.17, 15) is 0 Å². The Bertz CT molecular complexity index is 435. The Labute approximate surface area is 103 Å². The third-order valence-electron chi connectivity index (χ3n) is 4.02. The molecule has 17 heavy (non-hydrogen) atoms. The van der Waals surface area contributed by atoms with Crippen molar-refractivity contribution in [1.29, 1.82) is 0 Å². The van der Waals surface area contributed by atoms with Gasteiger partial charge in [-0.2, -0.15) is 0 Å². The highest BCUT2D eigenvalue weighted by atomic mass is 15.1. The fourth-order valence-corrected chi connectivity index (χ4v) is 2.50. The second kappa shape index (κ2) is 3.97. The van der Waals surface area contributed by atoms with E-state index in [-0.39, 0.29) is 5.41 Å². The standard InChI is InChI=1S/C14H21N3/c1-3-9-15-12-10-5-4-6-11(10)16-13(17-12)14(2)7-8-14/h3-9H2,1-2H3,(H,15,16,17). The lowest BCUT2D eigenvalue weighted by Gasteiger charge is -2.14. The predicted molar refractivity (Wildman–Crippen MR) is 69.4 cm³/mol. The molecule has 0 radical (unpaired) electrons. The number of nitrogens with one attached hydrogen (secondary N) is 1. The average Bonchev–Trinajstić information content (AvgIpc) is 2.92. The number of fused-ring (bicyclic) bond motifs is 1. The van der Waals surface area contributed by atoms with Crippen LogP contribution in [0.2, 0.25) is 0 Å². The quantitative estimate of drug-likeness (QED) is 0.866. The molecule has 1 aromatic rings. The summed E-state index contributed by atoms with van der Waals surface area (Å²) in [5.74, 6) is 2.20. The van der Waals surface area contributed by atoms with E-state index in [1.54, 1.807) is 0 Å². The molecule has 1 saturated carbocycles. The molecule has 0 unspecified atom stereocenters. The Kier molecular flexibility index (Phi) is 2.57. The van der Waals surface area contributed by atoms with Crippen molar-refractivity contribution >= 4 is 5.82 Å². The molecule has 0 aliphatic heterocycles. The molecule has 1 fully saturated rings. The largest absolute Gasteiger partial charge is 0.370 e. The van der Waals surface area contributed by atoms with Gasteiger partial charge in [-0.3, -0.25) is 0 Å². The third kappa shape index (κ3) is 1.92. The Hall–Kier alpha value is -1.12. The zero-order valence-electron chi connectivity index (χ0n) is 10.8. The number of hydrogen-bond donors (Lipinski definition) is 1. The SMILES string of the molecule is CCCNc1nc(C2(C)CC2)nc2c1CCC2. The van der Waals surface area contributed by atoms with Gasteiger partial charge in [0.15, 0.2) is 0 Å². The van der Waals surface area contributed by atoms with Gasteiger partial charge < -0.3 is 5.32 Å². The Morgan fingerprint density at radius 3 is 2.76 bits per heavy atom. The molecule has 0 amide bonds. The first-order chi connectivity index (χ1) is 8.23. The van der Waals surface area contributed by atoms with Crippen molar-refractivity contribution in [2.75, 3.05) is 11.9 Å². The normalized spacial score (nSPS) is 20.1. The first-order valence-corrected chi connectivity index (χ1v) is 6.87. The van der Waals surface area contributed by atoms with Crippen LogP contribution in [0, 0.1) is 0 Å². The topological polar surface area (TPSA) is 37.8 Å². The molecule has 0 spiro atoms. The minimum Gasteiger partial charge on any atom is -0.370 e. The van der Waals surface area contributed by atoms with Crippen molar-refractivity contribution in [3.8, 4) is 0 Å². The first kappa shape index (κ1) is 11.0. The van der Waals surface area contributed by atoms with Crippen molar-refractivity contribution in [2.24, 2.45) is 0 Å². The molecule has 3 nitrogen and oxygen atoms in total. The lowest BCUT2D eigenvalue weighted by Crippen LogP contribution is -2.14. The van der Waals surface area contributed by atoms with Crippen LogP contribution in [-0.4, -0.2) is 16.5 Å². The lowest BCUT2D eigenvalue weighted by atomic mass is 10.1. The van der Waals surface area contributed by atoms with Gasteiger partial charge in [-0.15, -0.1) is 0 Å². The third-order valence-corrected chi connectivity index (χ3v) is 4.02. The van der Waals surface area contributed by atoms with Gasteiger partial charge in [0.1, 0.15) is 11.6 Å². The van der Waals surface area contributed by atoms with Crippen molar-refractivity contribution < 1.29 is 0 Å². The molecule has 3 heteroatoms. The zero-order chi connectivity index (χ0) is 11.9. The van der Waals surface area contributed by atoms with Crippen LogP contribution in [0.25, 0.3) is 0 Å². The molecular formula is C14H21N3. The molecule has 1 N–H and O–H groups in total. The monoisotopic (exact) mass is 231 g/mol. The van der Waals surface area contributed by atoms with Crippen LogP contribution in [0.5, 0.6) is 0 Å². The van der Waals surface area contributed by atoms with Crippen molar-refractivity contribution in [1.82, 2.24) is 9.97 Å². The van der Waals surface area contributed by atoms with E-state index in [4.69, 9.17) is 9.97 Å². The number of aromatic nitrogens is 2. The van der Waals surface area contributed by atoms with Crippen LogP contribution < -0.4 is 5.32 Å². The molecule has 2 aliphatic carbocycles. The molecule has 1 heterocycles. The number of rotatable bonds is 4. The summed E-state index contributed by atoms with van der Waals surface area (Å²) < 4.78 is 0. The van der Waals surface area contributed by atoms with Gasteiger partial charge in [0.25, 0.3) is 0 Å². The van der Waals surface area contributed by atoms with Crippen LogP contribution >= 0.6 is 0 Å². The maximum Gasteiger partial charge on any atom is 0.136 e. The Balaban J connectivity index is 1.97. The maximum atomic E-state index is 4.80. The van der Waals surface area contributed by atoms with Crippen LogP contribution in [-0.2, 0) is 18.3 Å². The second-order valence-corrected chi connectivity index (χ2v) is 5.66. The van der Waals surface area contributed by atoms with E-state index < -0.39 is 0 Å². The van der Waals surface area contributed by atoms with E-state index in [0.29, 0.717) is 0 Å². The number of anilines is 1. The summed E-state index contributed by atoms with van der Waals surface area (Å²) >= 11 is 0. The van der Waals surface area contributed by atoms with Crippen LogP contribution in [0.4, 0.5) is 5.82 Å². The minimum atomic E-state index is 0.278. The summed E-state index contributed by atoms with van der Waals surface area (Å²) in [7, 11) is 0. The number of hydrogen-bond acceptors (Lipinski definition) is 3. The maximum absolute atomic E-state index is 4.80. The van der Waals surface area contributed by atoms with Gasteiger partial charge in [-0.05, 0) is 38.5 Å². The van der Waals surface area contributed by atoms with E-state index >= 15 is 0 Å². The smallest absolute Gasteiger partial charge is 0.136 e. The lowest BCUT2D eigenvalue weighted by molar-refractivity contribution is 0.699. The summed E-state index contributed by atoms with van der Waals surface area (Å²) in [6.07, 6.45) is 7.18. The van der Waals surface area contributed by atoms with Gasteiger partial charge in [0.05, 0.1) is 0 Å². The van der Waals surface area contributed by atoms with E-state index in [1.807, 2.05) is 0 Å². The van der Waals surface area contributed by atoms with Gasteiger partial charge in [-0.25, -0.2) is 9.97 Å². The molecule has 2 aliphatic rings. The molecule has 0 atom stereocenters. The molecule has 0 bridgehead atoms.